The number of halogens is 2. The smallest absolute Gasteiger partial charge is 0.123 e. The van der Waals surface area contributed by atoms with Gasteiger partial charge in [0.25, 0.3) is 0 Å². The number of anilines is 4. The van der Waals surface area contributed by atoms with E-state index in [1.54, 1.807) is 24.3 Å². The zero-order valence-electron chi connectivity index (χ0n) is 28.2. The molecule has 10 rings (SSSR count). The van der Waals surface area contributed by atoms with Gasteiger partial charge >= 0.3 is 0 Å². The molecule has 3 aliphatic rings. The Morgan fingerprint density at radius 2 is 1.04 bits per heavy atom. The Morgan fingerprint density at radius 1 is 0.471 bits per heavy atom. The molecule has 2 nitrogen and oxygen atoms in total. The van der Waals surface area contributed by atoms with E-state index in [9.17, 15) is 8.78 Å². The van der Waals surface area contributed by atoms with E-state index in [2.05, 4.69) is 119 Å². The highest BCUT2D eigenvalue weighted by atomic mass is 19.1. The average molecular weight is 667 g/mol. The molecule has 0 radical (unpaired) electrons. The molecule has 7 aromatic carbocycles. The summed E-state index contributed by atoms with van der Waals surface area (Å²) in [6.45, 7) is 1.73. The van der Waals surface area contributed by atoms with Crippen molar-refractivity contribution in [1.82, 2.24) is 0 Å². The lowest BCUT2D eigenvalue weighted by atomic mass is 9.67. The normalized spacial score (nSPS) is 15.6. The summed E-state index contributed by atoms with van der Waals surface area (Å²) in [7, 11) is 0. The maximum atomic E-state index is 14.5. The number of hydrogen-bond acceptors (Lipinski definition) is 2. The van der Waals surface area contributed by atoms with Crippen LogP contribution in [0.15, 0.2) is 146 Å². The molecule has 2 heterocycles. The predicted molar refractivity (Wildman–Crippen MR) is 205 cm³/mol. The highest BCUT2D eigenvalue weighted by Crippen LogP contribution is 2.60. The fourth-order valence-corrected chi connectivity index (χ4v) is 9.35. The standard InChI is InChI=1S/C47H36F2N2/c48-35-19-23-43-31(27-35)11-9-25-50(43)37-21-22-40-41(29-37)47(33-13-3-1-4-14-33,34-15-5-2-6-16-34)42-30-45(38-17-7-8-18-39(38)46(40)42)51-26-10-12-32-28-36(49)20-24-44(32)51/h1-8,13-24,27-30H,9-12,25-26H2. The van der Waals surface area contributed by atoms with Gasteiger partial charge in [-0.2, -0.15) is 0 Å². The molecule has 0 atom stereocenters. The quantitative estimate of drug-likeness (QED) is 0.184. The van der Waals surface area contributed by atoms with Gasteiger partial charge < -0.3 is 9.80 Å². The highest BCUT2D eigenvalue weighted by molar-refractivity contribution is 6.10. The highest BCUT2D eigenvalue weighted by Gasteiger charge is 2.48. The summed E-state index contributed by atoms with van der Waals surface area (Å²) in [5.74, 6) is -0.370. The van der Waals surface area contributed by atoms with Crippen LogP contribution in [-0.2, 0) is 18.3 Å². The largest absolute Gasteiger partial charge is 0.341 e. The number of fused-ring (bicyclic) bond motifs is 7. The van der Waals surface area contributed by atoms with Crippen LogP contribution >= 0.6 is 0 Å². The number of benzene rings is 7. The van der Waals surface area contributed by atoms with Gasteiger partial charge in [-0.1, -0.05) is 91.0 Å². The number of aryl methyl sites for hydroxylation is 2. The minimum Gasteiger partial charge on any atom is -0.341 e. The molecule has 0 saturated heterocycles. The van der Waals surface area contributed by atoms with Crippen LogP contribution in [0.4, 0.5) is 31.5 Å². The van der Waals surface area contributed by atoms with Gasteiger partial charge in [0, 0.05) is 41.2 Å². The Labute approximate surface area is 297 Å². The third kappa shape index (κ3) is 4.52. The minimum absolute atomic E-state index is 0.184. The van der Waals surface area contributed by atoms with Crippen molar-refractivity contribution < 1.29 is 8.78 Å². The first kappa shape index (κ1) is 30.1. The molecule has 0 spiro atoms. The molecule has 4 heteroatoms. The maximum absolute atomic E-state index is 14.5. The van der Waals surface area contributed by atoms with Gasteiger partial charge in [0.05, 0.1) is 5.41 Å². The third-order valence-corrected chi connectivity index (χ3v) is 11.4. The SMILES string of the molecule is Fc1ccc2c(c1)CCCN2c1ccc2c(c1)C(c1ccccc1)(c1ccccc1)c1cc(N3CCCc4cc(F)ccc43)c3ccccc3c1-2. The second kappa shape index (κ2) is 11.7. The van der Waals surface area contributed by atoms with E-state index in [1.807, 2.05) is 12.1 Å². The molecule has 0 unspecified atom stereocenters. The lowest BCUT2D eigenvalue weighted by Crippen LogP contribution is -2.30. The summed E-state index contributed by atoms with van der Waals surface area (Å²) in [4.78, 5) is 4.79. The first-order valence-electron chi connectivity index (χ1n) is 18.1. The van der Waals surface area contributed by atoms with Crippen molar-refractivity contribution >= 4 is 33.5 Å². The molecule has 1 aliphatic carbocycles. The van der Waals surface area contributed by atoms with Crippen molar-refractivity contribution in [1.29, 1.82) is 0 Å². The Kier molecular flexibility index (Phi) is 6.89. The molecular formula is C47H36F2N2. The van der Waals surface area contributed by atoms with E-state index in [1.165, 1.54) is 44.2 Å². The van der Waals surface area contributed by atoms with Crippen molar-refractivity contribution in [3.63, 3.8) is 0 Å². The van der Waals surface area contributed by atoms with E-state index < -0.39 is 5.41 Å². The van der Waals surface area contributed by atoms with Crippen LogP contribution in [0.1, 0.15) is 46.2 Å². The van der Waals surface area contributed by atoms with Crippen molar-refractivity contribution in [2.24, 2.45) is 0 Å². The van der Waals surface area contributed by atoms with Crippen LogP contribution in [-0.4, -0.2) is 13.1 Å². The second-order valence-electron chi connectivity index (χ2n) is 14.1. The van der Waals surface area contributed by atoms with E-state index >= 15 is 0 Å². The fourth-order valence-electron chi connectivity index (χ4n) is 9.35. The summed E-state index contributed by atoms with van der Waals surface area (Å²) in [5.41, 5.74) is 13.3. The molecule has 0 N–H and O–H groups in total. The second-order valence-corrected chi connectivity index (χ2v) is 14.1. The van der Waals surface area contributed by atoms with Crippen molar-refractivity contribution in [3.8, 4) is 11.1 Å². The summed E-state index contributed by atoms with van der Waals surface area (Å²) in [6.07, 6.45) is 3.66. The predicted octanol–water partition coefficient (Wildman–Crippen LogP) is 11.6. The first-order chi connectivity index (χ1) is 25.1. The maximum Gasteiger partial charge on any atom is 0.123 e. The summed E-state index contributed by atoms with van der Waals surface area (Å²) < 4.78 is 28.9. The van der Waals surface area contributed by atoms with Crippen LogP contribution in [0.3, 0.4) is 0 Å². The Balaban J connectivity index is 1.30. The molecule has 0 saturated carbocycles. The zero-order chi connectivity index (χ0) is 34.1. The Bertz CT molecular complexity index is 2430. The first-order valence-corrected chi connectivity index (χ1v) is 18.1. The van der Waals surface area contributed by atoms with Crippen LogP contribution in [0, 0.1) is 11.6 Å². The summed E-state index contributed by atoms with van der Waals surface area (Å²) in [5, 5.41) is 2.40. The molecule has 0 fully saturated rings. The van der Waals surface area contributed by atoms with Crippen LogP contribution < -0.4 is 9.80 Å². The monoisotopic (exact) mass is 666 g/mol. The fraction of sp³-hybridized carbons (Fsp3) is 0.149. The van der Waals surface area contributed by atoms with Crippen LogP contribution in [0.25, 0.3) is 21.9 Å². The molecule has 0 bridgehead atoms. The summed E-state index contributed by atoms with van der Waals surface area (Å²) in [6, 6.07) is 50.5. The summed E-state index contributed by atoms with van der Waals surface area (Å²) >= 11 is 0. The van der Waals surface area contributed by atoms with Gasteiger partial charge in [0.1, 0.15) is 11.6 Å². The zero-order valence-corrected chi connectivity index (χ0v) is 28.2. The molecule has 0 aromatic heterocycles. The molecule has 248 valence electrons. The van der Waals surface area contributed by atoms with E-state index in [-0.39, 0.29) is 11.6 Å². The van der Waals surface area contributed by atoms with Gasteiger partial charge in [-0.3, -0.25) is 0 Å². The van der Waals surface area contributed by atoms with Crippen molar-refractivity contribution in [2.75, 3.05) is 22.9 Å². The van der Waals surface area contributed by atoms with E-state index in [0.29, 0.717) is 0 Å². The number of hydrogen-bond donors (Lipinski definition) is 0. The number of nitrogens with zero attached hydrogens (tertiary/aromatic N) is 2. The van der Waals surface area contributed by atoms with Crippen LogP contribution in [0.2, 0.25) is 0 Å². The van der Waals surface area contributed by atoms with E-state index in [0.717, 1.165) is 72.6 Å². The van der Waals surface area contributed by atoms with Gasteiger partial charge in [-0.25, -0.2) is 8.78 Å². The van der Waals surface area contributed by atoms with Gasteiger partial charge in [-0.05, 0) is 130 Å². The molecule has 0 amide bonds. The lowest BCUT2D eigenvalue weighted by molar-refractivity contribution is 0.621. The Morgan fingerprint density at radius 3 is 1.69 bits per heavy atom. The Hall–Kier alpha value is -5.74. The molecule has 51 heavy (non-hydrogen) atoms. The third-order valence-electron chi connectivity index (χ3n) is 11.4. The van der Waals surface area contributed by atoms with Crippen molar-refractivity contribution in [3.05, 3.63) is 191 Å². The van der Waals surface area contributed by atoms with Gasteiger partial charge in [-0.15, -0.1) is 0 Å². The molecule has 7 aromatic rings. The lowest BCUT2D eigenvalue weighted by Gasteiger charge is -2.37. The molecule has 2 aliphatic heterocycles. The molecular weight excluding hydrogens is 631 g/mol. The van der Waals surface area contributed by atoms with Gasteiger partial charge in [0.15, 0.2) is 0 Å². The topological polar surface area (TPSA) is 6.48 Å². The van der Waals surface area contributed by atoms with Crippen molar-refractivity contribution in [2.45, 2.75) is 31.1 Å². The van der Waals surface area contributed by atoms with Gasteiger partial charge in [0.2, 0.25) is 0 Å². The minimum atomic E-state index is -0.620. The number of rotatable bonds is 4. The van der Waals surface area contributed by atoms with E-state index in [4.69, 9.17) is 0 Å². The average Bonchev–Trinajstić information content (AvgIpc) is 3.48. The van der Waals surface area contributed by atoms with Crippen LogP contribution in [0.5, 0.6) is 0 Å².